The first-order chi connectivity index (χ1) is 10.1. The quantitative estimate of drug-likeness (QED) is 0.657. The summed E-state index contributed by atoms with van der Waals surface area (Å²) in [7, 11) is 0. The van der Waals surface area contributed by atoms with Gasteiger partial charge in [0.25, 0.3) is 0 Å². The number of rotatable bonds is 4. The molecule has 0 bridgehead atoms. The van der Waals surface area contributed by atoms with Crippen LogP contribution in [0.1, 0.15) is 6.42 Å². The van der Waals surface area contributed by atoms with E-state index in [2.05, 4.69) is 10.3 Å². The van der Waals surface area contributed by atoms with Crippen molar-refractivity contribution in [3.05, 3.63) is 40.6 Å². The number of fused-ring (bicyclic) bond motifs is 1. The third-order valence-electron chi connectivity index (χ3n) is 3.63. The molecule has 2 N–H and O–H groups in total. The van der Waals surface area contributed by atoms with Gasteiger partial charge >= 0.3 is 5.69 Å². The number of nitro groups is 1. The Morgan fingerprint density at radius 2 is 2.29 bits per heavy atom. The fourth-order valence-corrected chi connectivity index (χ4v) is 2.44. The van der Waals surface area contributed by atoms with E-state index in [0.29, 0.717) is 29.6 Å². The van der Waals surface area contributed by atoms with Crippen LogP contribution in [0.4, 0.5) is 11.4 Å². The first kappa shape index (κ1) is 13.7. The zero-order valence-electron chi connectivity index (χ0n) is 11.3. The molecule has 3 rings (SSSR count). The van der Waals surface area contributed by atoms with E-state index in [4.69, 9.17) is 4.74 Å². The van der Waals surface area contributed by atoms with Gasteiger partial charge in [0, 0.05) is 25.0 Å². The van der Waals surface area contributed by atoms with Crippen LogP contribution in [-0.4, -0.2) is 40.4 Å². The number of para-hydroxylation sites is 1. The molecule has 0 aliphatic carbocycles. The number of aliphatic hydroxyl groups is 1. The van der Waals surface area contributed by atoms with E-state index in [1.807, 2.05) is 6.07 Å². The highest BCUT2D eigenvalue weighted by molar-refractivity contribution is 5.95. The van der Waals surface area contributed by atoms with Crippen molar-refractivity contribution in [3.63, 3.8) is 0 Å². The highest BCUT2D eigenvalue weighted by Crippen LogP contribution is 2.32. The van der Waals surface area contributed by atoms with Crippen LogP contribution in [-0.2, 0) is 4.74 Å². The first-order valence-corrected chi connectivity index (χ1v) is 6.65. The molecule has 2 aromatic rings. The van der Waals surface area contributed by atoms with Crippen molar-refractivity contribution < 1.29 is 14.8 Å². The van der Waals surface area contributed by atoms with Crippen molar-refractivity contribution in [2.24, 2.45) is 0 Å². The SMILES string of the molecule is O=[N+]([O-])c1cnc2ccccc2c1NCC1(O)CCOC1. The lowest BCUT2D eigenvalue weighted by Gasteiger charge is -2.21. The normalized spacial score (nSPS) is 21.6. The maximum Gasteiger partial charge on any atom is 0.311 e. The van der Waals surface area contributed by atoms with Crippen molar-refractivity contribution in [3.8, 4) is 0 Å². The summed E-state index contributed by atoms with van der Waals surface area (Å²) in [5.74, 6) is 0. The van der Waals surface area contributed by atoms with Crippen molar-refractivity contribution in [2.45, 2.75) is 12.0 Å². The van der Waals surface area contributed by atoms with Crippen LogP contribution in [0.25, 0.3) is 10.9 Å². The van der Waals surface area contributed by atoms with Gasteiger partial charge in [-0.2, -0.15) is 0 Å². The van der Waals surface area contributed by atoms with Gasteiger partial charge in [-0.25, -0.2) is 4.98 Å². The van der Waals surface area contributed by atoms with E-state index in [0.717, 1.165) is 0 Å². The number of aromatic nitrogens is 1. The summed E-state index contributed by atoms with van der Waals surface area (Å²) in [5, 5.41) is 25.1. The first-order valence-electron chi connectivity index (χ1n) is 6.65. The molecule has 1 unspecified atom stereocenters. The van der Waals surface area contributed by atoms with E-state index < -0.39 is 10.5 Å². The number of hydrogen-bond acceptors (Lipinski definition) is 6. The van der Waals surface area contributed by atoms with Crippen LogP contribution >= 0.6 is 0 Å². The van der Waals surface area contributed by atoms with Crippen molar-refractivity contribution >= 4 is 22.3 Å². The predicted molar refractivity (Wildman–Crippen MR) is 77.3 cm³/mol. The van der Waals surface area contributed by atoms with E-state index in [9.17, 15) is 15.2 Å². The van der Waals surface area contributed by atoms with Gasteiger partial charge in [0.15, 0.2) is 0 Å². The zero-order valence-corrected chi connectivity index (χ0v) is 11.3. The molecule has 1 saturated heterocycles. The monoisotopic (exact) mass is 289 g/mol. The number of pyridine rings is 1. The number of nitrogens with zero attached hydrogens (tertiary/aromatic N) is 2. The summed E-state index contributed by atoms with van der Waals surface area (Å²) in [6, 6.07) is 7.18. The number of nitrogens with one attached hydrogen (secondary N) is 1. The molecular formula is C14H15N3O4. The van der Waals surface area contributed by atoms with E-state index in [-0.39, 0.29) is 18.8 Å². The predicted octanol–water partition coefficient (Wildman–Crippen LogP) is 1.71. The average molecular weight is 289 g/mol. The van der Waals surface area contributed by atoms with Gasteiger partial charge in [0.05, 0.1) is 17.0 Å². The molecule has 1 fully saturated rings. The molecule has 0 radical (unpaired) electrons. The Labute approximate surface area is 120 Å². The molecule has 2 heterocycles. The molecule has 1 aromatic heterocycles. The maximum atomic E-state index is 11.2. The summed E-state index contributed by atoms with van der Waals surface area (Å²) in [6.45, 7) is 0.927. The second-order valence-corrected chi connectivity index (χ2v) is 5.17. The Bertz CT molecular complexity index is 683. The highest BCUT2D eigenvalue weighted by atomic mass is 16.6. The number of hydrogen-bond donors (Lipinski definition) is 2. The molecule has 0 saturated carbocycles. The molecule has 0 spiro atoms. The van der Waals surface area contributed by atoms with Gasteiger partial charge in [-0.1, -0.05) is 18.2 Å². The van der Waals surface area contributed by atoms with Gasteiger partial charge in [-0.05, 0) is 6.07 Å². The Kier molecular flexibility index (Phi) is 3.44. The van der Waals surface area contributed by atoms with Gasteiger partial charge in [0.2, 0.25) is 0 Å². The van der Waals surface area contributed by atoms with Crippen molar-refractivity contribution in [2.75, 3.05) is 25.1 Å². The molecule has 21 heavy (non-hydrogen) atoms. The Hall–Kier alpha value is -2.25. The third kappa shape index (κ3) is 2.65. The van der Waals surface area contributed by atoms with E-state index >= 15 is 0 Å². The summed E-state index contributed by atoms with van der Waals surface area (Å²) >= 11 is 0. The lowest BCUT2D eigenvalue weighted by atomic mass is 10.0. The molecular weight excluding hydrogens is 274 g/mol. The lowest BCUT2D eigenvalue weighted by Crippen LogP contribution is -2.37. The summed E-state index contributed by atoms with van der Waals surface area (Å²) in [4.78, 5) is 14.8. The fourth-order valence-electron chi connectivity index (χ4n) is 2.44. The minimum absolute atomic E-state index is 0.101. The Balaban J connectivity index is 1.98. The molecule has 7 heteroatoms. The van der Waals surface area contributed by atoms with E-state index in [1.165, 1.54) is 6.20 Å². The highest BCUT2D eigenvalue weighted by Gasteiger charge is 2.33. The molecule has 1 aliphatic heterocycles. The molecule has 1 aromatic carbocycles. The standard InChI is InChI=1S/C14H15N3O4/c18-14(5-6-21-9-14)8-16-13-10-3-1-2-4-11(10)15-7-12(13)17(19)20/h1-4,7,18H,5-6,8-9H2,(H,15,16). The van der Waals surface area contributed by atoms with Crippen LogP contribution in [0, 0.1) is 10.1 Å². The lowest BCUT2D eigenvalue weighted by molar-refractivity contribution is -0.384. The van der Waals surface area contributed by atoms with Gasteiger partial charge in [0.1, 0.15) is 17.5 Å². The molecule has 7 nitrogen and oxygen atoms in total. The molecule has 1 aliphatic rings. The van der Waals surface area contributed by atoms with Crippen molar-refractivity contribution in [1.82, 2.24) is 4.98 Å². The second kappa shape index (κ2) is 5.27. The van der Waals surface area contributed by atoms with Crippen LogP contribution in [0.5, 0.6) is 0 Å². The molecule has 110 valence electrons. The minimum Gasteiger partial charge on any atom is -0.386 e. The van der Waals surface area contributed by atoms with Crippen LogP contribution in [0.3, 0.4) is 0 Å². The third-order valence-corrected chi connectivity index (χ3v) is 3.63. The Morgan fingerprint density at radius 3 is 3.00 bits per heavy atom. The average Bonchev–Trinajstić information content (AvgIpc) is 2.91. The van der Waals surface area contributed by atoms with Crippen molar-refractivity contribution in [1.29, 1.82) is 0 Å². The number of anilines is 1. The second-order valence-electron chi connectivity index (χ2n) is 5.17. The zero-order chi connectivity index (χ0) is 14.9. The molecule has 1 atom stereocenters. The van der Waals surface area contributed by atoms with Crippen LogP contribution < -0.4 is 5.32 Å². The van der Waals surface area contributed by atoms with Gasteiger partial charge < -0.3 is 15.2 Å². The van der Waals surface area contributed by atoms with E-state index in [1.54, 1.807) is 18.2 Å². The number of ether oxygens (including phenoxy) is 1. The minimum atomic E-state index is -0.988. The van der Waals surface area contributed by atoms with Gasteiger partial charge in [-0.3, -0.25) is 10.1 Å². The summed E-state index contributed by atoms with van der Waals surface area (Å²) < 4.78 is 5.18. The molecule has 0 amide bonds. The smallest absolute Gasteiger partial charge is 0.311 e. The summed E-state index contributed by atoms with van der Waals surface area (Å²) in [5.41, 5.74) is -0.0412. The summed E-state index contributed by atoms with van der Waals surface area (Å²) in [6.07, 6.45) is 1.75. The maximum absolute atomic E-state index is 11.2. The fraction of sp³-hybridized carbons (Fsp3) is 0.357. The van der Waals surface area contributed by atoms with Crippen LogP contribution in [0.15, 0.2) is 30.5 Å². The number of benzene rings is 1. The van der Waals surface area contributed by atoms with Gasteiger partial charge in [-0.15, -0.1) is 0 Å². The topological polar surface area (TPSA) is 97.5 Å². The Morgan fingerprint density at radius 1 is 1.48 bits per heavy atom. The largest absolute Gasteiger partial charge is 0.386 e. The van der Waals surface area contributed by atoms with Crippen LogP contribution in [0.2, 0.25) is 0 Å².